The number of nitrogens with zero attached hydrogens (tertiary/aromatic N) is 7. The molecule has 1 N–H and O–H groups in total. The van der Waals surface area contributed by atoms with Crippen LogP contribution in [0.3, 0.4) is 0 Å². The fourth-order valence-electron chi connectivity index (χ4n) is 2.19. The molecule has 1 amide bonds. The summed E-state index contributed by atoms with van der Waals surface area (Å²) in [6.07, 6.45) is 1.56. The number of pyridine rings is 1. The normalized spacial score (nSPS) is 17.2. The first kappa shape index (κ1) is 21.2. The Bertz CT molecular complexity index is 936. The molecule has 0 saturated carbocycles. The number of aliphatic imine (C=N–C) groups is 1. The average Bonchev–Trinajstić information content (AvgIpc) is 3.28. The van der Waals surface area contributed by atoms with Crippen LogP contribution in [0.5, 0.6) is 0 Å². The fraction of sp³-hybridized carbons (Fsp3) is 0.471. The van der Waals surface area contributed by atoms with Gasteiger partial charge in [0.05, 0.1) is 6.04 Å². The van der Waals surface area contributed by atoms with Crippen molar-refractivity contribution in [2.24, 2.45) is 15.6 Å². The van der Waals surface area contributed by atoms with Crippen LogP contribution in [-0.4, -0.2) is 60.5 Å². The number of amidine groups is 1. The summed E-state index contributed by atoms with van der Waals surface area (Å²) in [4.78, 5) is 26.2. The third-order valence-corrected chi connectivity index (χ3v) is 5.10. The molecule has 0 aromatic carbocycles. The van der Waals surface area contributed by atoms with E-state index in [0.717, 1.165) is 0 Å². The zero-order chi connectivity index (χ0) is 21.0. The fourth-order valence-corrected chi connectivity index (χ4v) is 3.21. The molecule has 0 fully saturated rings. The summed E-state index contributed by atoms with van der Waals surface area (Å²) in [5.74, 6) is 1.54. The largest absolute Gasteiger partial charge is 0.392 e. The lowest BCUT2D eigenvalue weighted by Gasteiger charge is -2.16. The maximum absolute atomic E-state index is 12.1. The molecule has 0 radical (unpaired) electrons. The van der Waals surface area contributed by atoms with Gasteiger partial charge in [0.25, 0.3) is 0 Å². The highest BCUT2D eigenvalue weighted by atomic mass is 35.5. The molecular weight excluding hydrogens is 416 g/mol. The lowest BCUT2D eigenvalue weighted by atomic mass is 9.96. The van der Waals surface area contributed by atoms with E-state index < -0.39 is 5.41 Å². The second-order valence-electron chi connectivity index (χ2n) is 7.32. The smallest absolute Gasteiger partial charge is 0.231 e. The molecule has 1 atom stereocenters. The van der Waals surface area contributed by atoms with Crippen molar-refractivity contribution in [3.05, 3.63) is 34.9 Å². The van der Waals surface area contributed by atoms with Gasteiger partial charge in [0.1, 0.15) is 11.8 Å². The topological polar surface area (TPSA) is 120 Å². The van der Waals surface area contributed by atoms with Crippen molar-refractivity contribution in [1.29, 1.82) is 0 Å². The summed E-state index contributed by atoms with van der Waals surface area (Å²) in [6, 6.07) is 3.27. The van der Waals surface area contributed by atoms with Gasteiger partial charge in [-0.2, -0.15) is 4.68 Å². The van der Waals surface area contributed by atoms with E-state index in [1.165, 1.54) is 16.4 Å². The Hall–Kier alpha value is -2.53. The van der Waals surface area contributed by atoms with Gasteiger partial charge in [-0.15, -0.1) is 5.10 Å². The number of tetrazole rings is 1. The van der Waals surface area contributed by atoms with Gasteiger partial charge in [-0.3, -0.25) is 9.79 Å². The lowest BCUT2D eigenvalue weighted by molar-refractivity contribution is -0.126. The van der Waals surface area contributed by atoms with Gasteiger partial charge in [-0.1, -0.05) is 49.3 Å². The van der Waals surface area contributed by atoms with Crippen LogP contribution in [0, 0.1) is 12.3 Å². The molecule has 2 aromatic rings. The van der Waals surface area contributed by atoms with Crippen LogP contribution in [0.1, 0.15) is 32.2 Å². The molecule has 0 spiro atoms. The Morgan fingerprint density at radius 3 is 2.86 bits per heavy atom. The standard InChI is InChI=1S/C17H21ClN8O2S/c1-10-22-24-25-26(10)14(11-5-6-13(18)19-7-11)23-28-8-12-9-29-16(20-12)21-15(27)17(2,3)4/h5-7,12H,8-9H2,1-4H3,(H,20,21,27)/b23-14+. The molecule has 2 aromatic heterocycles. The first-order valence-electron chi connectivity index (χ1n) is 8.83. The predicted octanol–water partition coefficient (Wildman–Crippen LogP) is 1.89. The van der Waals surface area contributed by atoms with Crippen LogP contribution in [0.25, 0.3) is 0 Å². The van der Waals surface area contributed by atoms with Crippen molar-refractivity contribution in [3.63, 3.8) is 0 Å². The summed E-state index contributed by atoms with van der Waals surface area (Å²) in [6.45, 7) is 7.55. The van der Waals surface area contributed by atoms with Gasteiger partial charge >= 0.3 is 0 Å². The van der Waals surface area contributed by atoms with Crippen LogP contribution < -0.4 is 5.32 Å². The van der Waals surface area contributed by atoms with Gasteiger partial charge in [0, 0.05) is 22.9 Å². The Balaban J connectivity index is 1.68. The summed E-state index contributed by atoms with van der Waals surface area (Å²) in [5, 5.41) is 19.5. The Morgan fingerprint density at radius 1 is 1.45 bits per heavy atom. The number of oxime groups is 1. The van der Waals surface area contributed by atoms with Crippen LogP contribution in [-0.2, 0) is 9.63 Å². The highest BCUT2D eigenvalue weighted by molar-refractivity contribution is 8.14. The molecule has 3 rings (SSSR count). The van der Waals surface area contributed by atoms with Crippen LogP contribution in [0.15, 0.2) is 28.5 Å². The van der Waals surface area contributed by atoms with E-state index in [0.29, 0.717) is 33.3 Å². The van der Waals surface area contributed by atoms with E-state index in [1.807, 2.05) is 20.8 Å². The van der Waals surface area contributed by atoms with Crippen molar-refractivity contribution in [1.82, 2.24) is 30.5 Å². The Morgan fingerprint density at radius 2 is 2.24 bits per heavy atom. The average molecular weight is 437 g/mol. The molecular formula is C17H21ClN8O2S. The monoisotopic (exact) mass is 436 g/mol. The maximum Gasteiger partial charge on any atom is 0.231 e. The SMILES string of the molecule is Cc1nnnn1/C(=N/OCC1CSC(NC(=O)C(C)(C)C)=N1)c1ccc(Cl)nc1. The van der Waals surface area contributed by atoms with Crippen molar-refractivity contribution in [3.8, 4) is 0 Å². The third-order valence-electron chi connectivity index (χ3n) is 3.84. The van der Waals surface area contributed by atoms with Crippen molar-refractivity contribution in [2.45, 2.75) is 33.7 Å². The van der Waals surface area contributed by atoms with E-state index in [1.54, 1.807) is 25.3 Å². The highest BCUT2D eigenvalue weighted by Gasteiger charge is 2.26. The number of aromatic nitrogens is 5. The Labute approximate surface area is 177 Å². The van der Waals surface area contributed by atoms with Crippen molar-refractivity contribution >= 4 is 40.3 Å². The lowest BCUT2D eigenvalue weighted by Crippen LogP contribution is -2.37. The number of carbonyl (C=O) groups excluding carboxylic acids is 1. The molecule has 12 heteroatoms. The second-order valence-corrected chi connectivity index (χ2v) is 8.72. The van der Waals surface area contributed by atoms with Crippen molar-refractivity contribution in [2.75, 3.05) is 12.4 Å². The van der Waals surface area contributed by atoms with Crippen molar-refractivity contribution < 1.29 is 9.63 Å². The first-order chi connectivity index (χ1) is 13.7. The number of halogens is 1. The van der Waals surface area contributed by atoms with E-state index >= 15 is 0 Å². The van der Waals surface area contributed by atoms with Gasteiger partial charge in [-0.05, 0) is 29.5 Å². The first-order valence-corrected chi connectivity index (χ1v) is 10.2. The number of rotatable bonds is 4. The molecule has 1 unspecified atom stereocenters. The number of aryl methyl sites for hydroxylation is 1. The molecule has 154 valence electrons. The predicted molar refractivity (Wildman–Crippen MR) is 111 cm³/mol. The zero-order valence-corrected chi connectivity index (χ0v) is 18.0. The van der Waals surface area contributed by atoms with Gasteiger partial charge in [0.15, 0.2) is 11.0 Å². The van der Waals surface area contributed by atoms with Crippen LogP contribution >= 0.6 is 23.4 Å². The molecule has 3 heterocycles. The number of carbonyl (C=O) groups is 1. The van der Waals surface area contributed by atoms with E-state index in [9.17, 15) is 4.79 Å². The minimum Gasteiger partial charge on any atom is -0.392 e. The maximum atomic E-state index is 12.1. The van der Waals surface area contributed by atoms with E-state index in [4.69, 9.17) is 16.4 Å². The summed E-state index contributed by atoms with van der Waals surface area (Å²) < 4.78 is 1.45. The number of amides is 1. The van der Waals surface area contributed by atoms with Crippen LogP contribution in [0.4, 0.5) is 0 Å². The van der Waals surface area contributed by atoms with Gasteiger partial charge in [-0.25, -0.2) is 4.98 Å². The molecule has 0 bridgehead atoms. The summed E-state index contributed by atoms with van der Waals surface area (Å²) in [5.41, 5.74) is 0.167. The summed E-state index contributed by atoms with van der Waals surface area (Å²) in [7, 11) is 0. The number of hydrogen-bond donors (Lipinski definition) is 1. The van der Waals surface area contributed by atoms with E-state index in [-0.39, 0.29) is 18.6 Å². The third kappa shape index (κ3) is 5.51. The van der Waals surface area contributed by atoms with Gasteiger partial charge in [0.2, 0.25) is 11.7 Å². The molecule has 1 aliphatic heterocycles. The molecule has 0 saturated heterocycles. The van der Waals surface area contributed by atoms with E-state index in [2.05, 4.69) is 36.0 Å². The van der Waals surface area contributed by atoms with Gasteiger partial charge < -0.3 is 10.2 Å². The number of thioether (sulfide) groups is 1. The minimum atomic E-state index is -0.479. The van der Waals surface area contributed by atoms with Crippen LogP contribution in [0.2, 0.25) is 5.15 Å². The molecule has 0 aliphatic carbocycles. The molecule has 10 nitrogen and oxygen atoms in total. The number of hydrogen-bond acceptors (Lipinski definition) is 9. The molecule has 29 heavy (non-hydrogen) atoms. The second kappa shape index (κ2) is 8.87. The molecule has 1 aliphatic rings. The summed E-state index contributed by atoms with van der Waals surface area (Å²) >= 11 is 7.34. The zero-order valence-electron chi connectivity index (χ0n) is 16.5. The highest BCUT2D eigenvalue weighted by Crippen LogP contribution is 2.19. The Kier molecular flexibility index (Phi) is 6.48. The minimum absolute atomic E-state index is 0.0741. The number of nitrogens with one attached hydrogen (secondary N) is 1. The quantitative estimate of drug-likeness (QED) is 0.336.